The summed E-state index contributed by atoms with van der Waals surface area (Å²) in [6.07, 6.45) is 0.996. The average molecular weight is 248 g/mol. The minimum Gasteiger partial charge on any atom is -0.487 e. The van der Waals surface area contributed by atoms with E-state index in [2.05, 4.69) is 9.97 Å². The molecule has 1 heterocycles. The number of rotatable bonds is 4. The molecule has 0 saturated carbocycles. The smallest absolute Gasteiger partial charge is 0.357 e. The van der Waals surface area contributed by atoms with Crippen molar-refractivity contribution in [3.63, 3.8) is 0 Å². The van der Waals surface area contributed by atoms with Gasteiger partial charge in [-0.3, -0.25) is 0 Å². The maximum atomic E-state index is 13.6. The number of nitrogens with zero attached hydrogens (tertiary/aromatic N) is 2. The first kappa shape index (κ1) is 12.0. The highest BCUT2D eigenvalue weighted by Crippen LogP contribution is 2.13. The Morgan fingerprint density at radius 1 is 1.28 bits per heavy atom. The second kappa shape index (κ2) is 5.22. The molecule has 1 aromatic heterocycles. The van der Waals surface area contributed by atoms with E-state index in [-0.39, 0.29) is 12.3 Å². The van der Waals surface area contributed by atoms with Crippen molar-refractivity contribution in [3.05, 3.63) is 53.9 Å². The number of hydrogen-bond donors (Lipinski definition) is 1. The Balaban J connectivity index is 2.15. The number of carbonyl (C=O) groups is 1. The lowest BCUT2D eigenvalue weighted by Gasteiger charge is -2.06. The summed E-state index contributed by atoms with van der Waals surface area (Å²) in [5, 5.41) is 8.70. The first-order valence-electron chi connectivity index (χ1n) is 5.09. The van der Waals surface area contributed by atoms with Crippen molar-refractivity contribution >= 4 is 5.97 Å². The van der Waals surface area contributed by atoms with Gasteiger partial charge in [0.15, 0.2) is 11.5 Å². The molecule has 0 aliphatic heterocycles. The number of aromatic carboxylic acids is 1. The average Bonchev–Trinajstić information content (AvgIpc) is 2.38. The van der Waals surface area contributed by atoms with E-state index in [0.717, 1.165) is 6.33 Å². The van der Waals surface area contributed by atoms with Crippen LogP contribution < -0.4 is 4.74 Å². The molecule has 0 fully saturated rings. The van der Waals surface area contributed by atoms with E-state index in [1.54, 1.807) is 24.3 Å². The number of hydrogen-bond acceptors (Lipinski definition) is 4. The van der Waals surface area contributed by atoms with Crippen LogP contribution in [-0.2, 0) is 6.61 Å². The first-order valence-corrected chi connectivity index (χ1v) is 5.09. The lowest BCUT2D eigenvalue weighted by atomic mass is 10.3. The molecule has 0 bridgehead atoms. The van der Waals surface area contributed by atoms with Gasteiger partial charge in [0.1, 0.15) is 24.4 Å². The Labute approximate surface area is 102 Å². The van der Waals surface area contributed by atoms with Crippen LogP contribution in [0.4, 0.5) is 4.39 Å². The van der Waals surface area contributed by atoms with Gasteiger partial charge in [-0.25, -0.2) is 19.2 Å². The fourth-order valence-corrected chi connectivity index (χ4v) is 1.32. The molecule has 0 atom stereocenters. The van der Waals surface area contributed by atoms with E-state index in [4.69, 9.17) is 9.84 Å². The summed E-state index contributed by atoms with van der Waals surface area (Å²) in [5.41, 5.74) is -0.747. The van der Waals surface area contributed by atoms with Gasteiger partial charge in [-0.05, 0) is 12.1 Å². The van der Waals surface area contributed by atoms with Crippen LogP contribution in [0, 0.1) is 5.82 Å². The molecular formula is C12H9FN2O3. The van der Waals surface area contributed by atoms with Gasteiger partial charge in [0.25, 0.3) is 0 Å². The molecule has 0 aliphatic rings. The van der Waals surface area contributed by atoms with Crippen molar-refractivity contribution in [2.45, 2.75) is 6.61 Å². The number of carboxylic acids is 1. The topological polar surface area (TPSA) is 72.3 Å². The molecule has 0 spiro atoms. The maximum absolute atomic E-state index is 13.6. The lowest BCUT2D eigenvalue weighted by molar-refractivity contribution is 0.0684. The molecule has 18 heavy (non-hydrogen) atoms. The number of benzene rings is 1. The molecule has 0 saturated heterocycles. The summed E-state index contributed by atoms with van der Waals surface area (Å²) in [5.74, 6) is -1.86. The van der Waals surface area contributed by atoms with Crippen LogP contribution >= 0.6 is 0 Å². The maximum Gasteiger partial charge on any atom is 0.357 e. The van der Waals surface area contributed by atoms with Gasteiger partial charge < -0.3 is 9.84 Å². The molecule has 0 unspecified atom stereocenters. The van der Waals surface area contributed by atoms with Gasteiger partial charge in [-0.2, -0.15) is 0 Å². The second-order valence-electron chi connectivity index (χ2n) is 3.39. The van der Waals surface area contributed by atoms with E-state index >= 15 is 0 Å². The highest BCUT2D eigenvalue weighted by atomic mass is 19.1. The van der Waals surface area contributed by atoms with Crippen LogP contribution in [0.25, 0.3) is 0 Å². The molecule has 2 rings (SSSR count). The number of para-hydroxylation sites is 1. The molecule has 6 heteroatoms. The summed E-state index contributed by atoms with van der Waals surface area (Å²) in [6.45, 7) is -0.154. The third-order valence-electron chi connectivity index (χ3n) is 2.18. The number of ether oxygens (including phenoxy) is 1. The second-order valence-corrected chi connectivity index (χ2v) is 3.39. The van der Waals surface area contributed by atoms with Crippen LogP contribution in [0.15, 0.2) is 36.7 Å². The highest BCUT2D eigenvalue weighted by Gasteiger charge is 2.17. The third kappa shape index (κ3) is 2.60. The quantitative estimate of drug-likeness (QED) is 0.894. The molecule has 1 N–H and O–H groups in total. The van der Waals surface area contributed by atoms with Gasteiger partial charge >= 0.3 is 5.97 Å². The number of halogens is 1. The number of aromatic nitrogens is 2. The molecular weight excluding hydrogens is 239 g/mol. The minimum absolute atomic E-state index is 0.0914. The zero-order valence-electron chi connectivity index (χ0n) is 9.21. The Hall–Kier alpha value is -2.50. The van der Waals surface area contributed by atoms with Crippen molar-refractivity contribution in [1.82, 2.24) is 9.97 Å². The van der Waals surface area contributed by atoms with Crippen molar-refractivity contribution in [2.75, 3.05) is 0 Å². The summed E-state index contributed by atoms with van der Waals surface area (Å²) >= 11 is 0. The van der Waals surface area contributed by atoms with Gasteiger partial charge in [-0.15, -0.1) is 0 Å². The molecule has 2 aromatic rings. The van der Waals surface area contributed by atoms with Gasteiger partial charge in [0, 0.05) is 0 Å². The normalized spacial score (nSPS) is 10.1. The lowest BCUT2D eigenvalue weighted by Crippen LogP contribution is -2.10. The third-order valence-corrected chi connectivity index (χ3v) is 2.18. The Morgan fingerprint density at radius 3 is 2.67 bits per heavy atom. The standard InChI is InChI=1S/C12H9FN2O3/c13-10-9(14-7-15-11(10)12(16)17)6-18-8-4-2-1-3-5-8/h1-5,7H,6H2,(H,16,17). The fraction of sp³-hybridized carbons (Fsp3) is 0.0833. The van der Waals surface area contributed by atoms with Crippen molar-refractivity contribution in [3.8, 4) is 5.75 Å². The van der Waals surface area contributed by atoms with Crippen molar-refractivity contribution in [2.24, 2.45) is 0 Å². The predicted octanol–water partition coefficient (Wildman–Crippen LogP) is 1.89. The Morgan fingerprint density at radius 2 is 2.00 bits per heavy atom. The fourth-order valence-electron chi connectivity index (χ4n) is 1.32. The molecule has 92 valence electrons. The molecule has 0 amide bonds. The molecule has 0 radical (unpaired) electrons. The van der Waals surface area contributed by atoms with E-state index in [9.17, 15) is 9.18 Å². The SMILES string of the molecule is O=C(O)c1ncnc(COc2ccccc2)c1F. The van der Waals surface area contributed by atoms with Crippen molar-refractivity contribution < 1.29 is 19.0 Å². The summed E-state index contributed by atoms with van der Waals surface area (Å²) in [7, 11) is 0. The molecule has 1 aromatic carbocycles. The van der Waals surface area contributed by atoms with Crippen LogP contribution in [0.3, 0.4) is 0 Å². The highest BCUT2D eigenvalue weighted by molar-refractivity contribution is 5.85. The van der Waals surface area contributed by atoms with Gasteiger partial charge in [0.2, 0.25) is 0 Å². The van der Waals surface area contributed by atoms with Crippen LogP contribution in [0.5, 0.6) is 5.75 Å². The predicted molar refractivity (Wildman–Crippen MR) is 59.7 cm³/mol. The zero-order chi connectivity index (χ0) is 13.0. The number of carboxylic acid groups (broad SMARTS) is 1. The summed E-state index contributed by atoms with van der Waals surface area (Å²) < 4.78 is 18.9. The molecule has 5 nitrogen and oxygen atoms in total. The summed E-state index contributed by atoms with van der Waals surface area (Å²) in [4.78, 5) is 17.7. The van der Waals surface area contributed by atoms with E-state index in [0.29, 0.717) is 5.75 Å². The largest absolute Gasteiger partial charge is 0.487 e. The van der Waals surface area contributed by atoms with Crippen LogP contribution in [0.2, 0.25) is 0 Å². The molecule has 0 aliphatic carbocycles. The van der Waals surface area contributed by atoms with Gasteiger partial charge in [-0.1, -0.05) is 18.2 Å². The Bertz CT molecular complexity index is 561. The zero-order valence-corrected chi connectivity index (χ0v) is 9.21. The van der Waals surface area contributed by atoms with Crippen molar-refractivity contribution in [1.29, 1.82) is 0 Å². The van der Waals surface area contributed by atoms with Crippen LogP contribution in [0.1, 0.15) is 16.2 Å². The van der Waals surface area contributed by atoms with Crippen LogP contribution in [-0.4, -0.2) is 21.0 Å². The monoisotopic (exact) mass is 248 g/mol. The minimum atomic E-state index is -1.43. The van der Waals surface area contributed by atoms with E-state index in [1.807, 2.05) is 6.07 Å². The van der Waals surface area contributed by atoms with Gasteiger partial charge in [0.05, 0.1) is 0 Å². The van der Waals surface area contributed by atoms with E-state index in [1.165, 1.54) is 0 Å². The summed E-state index contributed by atoms with van der Waals surface area (Å²) in [6, 6.07) is 8.78. The first-order chi connectivity index (χ1) is 8.68. The Kier molecular flexibility index (Phi) is 3.47. The van der Waals surface area contributed by atoms with E-state index < -0.39 is 17.5 Å².